The molecular formula is C12H17N5O. The molecule has 18 heavy (non-hydrogen) atoms. The topological polar surface area (TPSA) is 95.0 Å². The number of hydrogen-bond donors (Lipinski definition) is 2. The number of amides is 1. The lowest BCUT2D eigenvalue weighted by Gasteiger charge is -2.18. The fourth-order valence-electron chi connectivity index (χ4n) is 1.47. The van der Waals surface area contributed by atoms with Crippen LogP contribution >= 0.6 is 0 Å². The summed E-state index contributed by atoms with van der Waals surface area (Å²) in [6.45, 7) is 2.79. The number of aromatic nitrogens is 1. The Morgan fingerprint density at radius 1 is 1.67 bits per heavy atom. The van der Waals surface area contributed by atoms with Crippen LogP contribution in [0, 0.1) is 11.3 Å². The Morgan fingerprint density at radius 3 is 3.00 bits per heavy atom. The van der Waals surface area contributed by atoms with E-state index in [0.29, 0.717) is 23.6 Å². The van der Waals surface area contributed by atoms with Gasteiger partial charge in [0.1, 0.15) is 11.9 Å². The SMILES string of the molecule is CCCNC(=O)CN(C)c1ncc(N)cc1C#N. The van der Waals surface area contributed by atoms with Crippen molar-refractivity contribution in [1.82, 2.24) is 10.3 Å². The molecule has 96 valence electrons. The third-order valence-electron chi connectivity index (χ3n) is 2.32. The number of anilines is 2. The van der Waals surface area contributed by atoms with E-state index in [2.05, 4.69) is 10.3 Å². The number of hydrogen-bond acceptors (Lipinski definition) is 5. The van der Waals surface area contributed by atoms with Crippen molar-refractivity contribution in [3.63, 3.8) is 0 Å². The minimum absolute atomic E-state index is 0.0955. The standard InChI is InChI=1S/C12H17N5O/c1-3-4-15-11(18)8-17(2)12-9(6-13)5-10(14)7-16-12/h5,7H,3-4,8,14H2,1-2H3,(H,15,18). The molecule has 0 aliphatic rings. The van der Waals surface area contributed by atoms with Crippen molar-refractivity contribution < 1.29 is 4.79 Å². The molecule has 1 amide bonds. The van der Waals surface area contributed by atoms with Crippen LogP contribution in [0.25, 0.3) is 0 Å². The second-order valence-corrected chi connectivity index (χ2v) is 3.96. The second-order valence-electron chi connectivity index (χ2n) is 3.96. The molecule has 0 spiro atoms. The highest BCUT2D eigenvalue weighted by molar-refractivity contribution is 5.81. The van der Waals surface area contributed by atoms with Crippen LogP contribution in [0.1, 0.15) is 18.9 Å². The lowest BCUT2D eigenvalue weighted by atomic mass is 10.2. The van der Waals surface area contributed by atoms with E-state index in [1.54, 1.807) is 18.0 Å². The Balaban J connectivity index is 2.75. The van der Waals surface area contributed by atoms with Crippen molar-refractivity contribution in [2.24, 2.45) is 0 Å². The molecule has 0 aliphatic heterocycles. The summed E-state index contributed by atoms with van der Waals surface area (Å²) in [6, 6.07) is 3.56. The number of nitrogens with two attached hydrogens (primary N) is 1. The first-order chi connectivity index (χ1) is 8.58. The molecule has 0 radical (unpaired) electrons. The molecule has 0 aliphatic carbocycles. The molecule has 0 aromatic carbocycles. The van der Waals surface area contributed by atoms with Crippen LogP contribution in [0.3, 0.4) is 0 Å². The average molecular weight is 247 g/mol. The number of nitrogen functional groups attached to an aromatic ring is 1. The third kappa shape index (κ3) is 3.63. The molecule has 1 aromatic rings. The van der Waals surface area contributed by atoms with E-state index >= 15 is 0 Å². The van der Waals surface area contributed by atoms with E-state index in [1.807, 2.05) is 13.0 Å². The van der Waals surface area contributed by atoms with E-state index in [0.717, 1.165) is 6.42 Å². The van der Waals surface area contributed by atoms with Crippen LogP contribution in [0.2, 0.25) is 0 Å². The fraction of sp³-hybridized carbons (Fsp3) is 0.417. The Kier molecular flexibility index (Phi) is 4.93. The highest BCUT2D eigenvalue weighted by Gasteiger charge is 2.12. The summed E-state index contributed by atoms with van der Waals surface area (Å²) in [5.41, 5.74) is 6.35. The van der Waals surface area contributed by atoms with Crippen LogP contribution in [0.15, 0.2) is 12.3 Å². The molecule has 0 saturated heterocycles. The van der Waals surface area contributed by atoms with Gasteiger partial charge >= 0.3 is 0 Å². The molecule has 0 unspecified atom stereocenters. The fourth-order valence-corrected chi connectivity index (χ4v) is 1.47. The number of nitriles is 1. The van der Waals surface area contributed by atoms with Crippen LogP contribution in [0.5, 0.6) is 0 Å². The molecular weight excluding hydrogens is 230 g/mol. The molecule has 1 heterocycles. The Bertz CT molecular complexity index is 466. The Morgan fingerprint density at radius 2 is 2.39 bits per heavy atom. The molecule has 0 bridgehead atoms. The molecule has 1 rings (SSSR count). The zero-order chi connectivity index (χ0) is 13.5. The zero-order valence-electron chi connectivity index (χ0n) is 10.6. The highest BCUT2D eigenvalue weighted by Crippen LogP contribution is 2.17. The van der Waals surface area contributed by atoms with Gasteiger partial charge in [-0.05, 0) is 12.5 Å². The van der Waals surface area contributed by atoms with Crippen molar-refractivity contribution in [1.29, 1.82) is 5.26 Å². The van der Waals surface area contributed by atoms with Crippen molar-refractivity contribution in [3.8, 4) is 6.07 Å². The minimum Gasteiger partial charge on any atom is -0.397 e. The molecule has 1 aromatic heterocycles. The van der Waals surface area contributed by atoms with Gasteiger partial charge in [-0.3, -0.25) is 4.79 Å². The van der Waals surface area contributed by atoms with Gasteiger partial charge in [-0.1, -0.05) is 6.92 Å². The van der Waals surface area contributed by atoms with Gasteiger partial charge in [0, 0.05) is 13.6 Å². The van der Waals surface area contributed by atoms with Crippen LogP contribution in [-0.4, -0.2) is 31.0 Å². The van der Waals surface area contributed by atoms with Crippen molar-refractivity contribution in [2.75, 3.05) is 30.8 Å². The van der Waals surface area contributed by atoms with E-state index in [1.165, 1.54) is 6.20 Å². The smallest absolute Gasteiger partial charge is 0.239 e. The van der Waals surface area contributed by atoms with Gasteiger partial charge in [-0.2, -0.15) is 5.26 Å². The van der Waals surface area contributed by atoms with Gasteiger partial charge in [0.25, 0.3) is 0 Å². The van der Waals surface area contributed by atoms with Gasteiger partial charge in [-0.25, -0.2) is 4.98 Å². The maximum atomic E-state index is 11.6. The Labute approximate surface area is 106 Å². The molecule has 0 fully saturated rings. The summed E-state index contributed by atoms with van der Waals surface area (Å²) in [7, 11) is 1.71. The number of rotatable bonds is 5. The highest BCUT2D eigenvalue weighted by atomic mass is 16.2. The zero-order valence-corrected chi connectivity index (χ0v) is 10.6. The molecule has 0 saturated carbocycles. The van der Waals surface area contributed by atoms with E-state index < -0.39 is 0 Å². The minimum atomic E-state index is -0.0955. The number of nitrogens with zero attached hydrogens (tertiary/aromatic N) is 3. The van der Waals surface area contributed by atoms with Crippen LogP contribution in [0.4, 0.5) is 11.5 Å². The Hall–Kier alpha value is -2.29. The largest absolute Gasteiger partial charge is 0.397 e. The number of likely N-dealkylation sites (N-methyl/N-ethyl adjacent to an activating group) is 1. The van der Waals surface area contributed by atoms with Crippen molar-refractivity contribution >= 4 is 17.4 Å². The number of carbonyl (C=O) groups is 1. The van der Waals surface area contributed by atoms with E-state index in [4.69, 9.17) is 11.0 Å². The molecule has 6 heteroatoms. The maximum absolute atomic E-state index is 11.6. The molecule has 6 nitrogen and oxygen atoms in total. The summed E-state index contributed by atoms with van der Waals surface area (Å²) < 4.78 is 0. The quantitative estimate of drug-likeness (QED) is 0.790. The molecule has 0 atom stereocenters. The third-order valence-corrected chi connectivity index (χ3v) is 2.32. The first-order valence-corrected chi connectivity index (χ1v) is 5.72. The number of pyridine rings is 1. The van der Waals surface area contributed by atoms with Crippen molar-refractivity contribution in [3.05, 3.63) is 17.8 Å². The van der Waals surface area contributed by atoms with Gasteiger partial charge in [0.2, 0.25) is 5.91 Å². The van der Waals surface area contributed by atoms with Crippen LogP contribution < -0.4 is 16.0 Å². The lowest BCUT2D eigenvalue weighted by molar-refractivity contribution is -0.119. The average Bonchev–Trinajstić information content (AvgIpc) is 2.35. The van der Waals surface area contributed by atoms with Gasteiger partial charge in [0.05, 0.1) is 24.0 Å². The predicted octanol–water partition coefficient (Wildman–Crippen LogP) is 0.498. The summed E-state index contributed by atoms with van der Waals surface area (Å²) in [4.78, 5) is 17.3. The number of nitrogens with one attached hydrogen (secondary N) is 1. The van der Waals surface area contributed by atoms with E-state index in [-0.39, 0.29) is 12.5 Å². The predicted molar refractivity (Wildman–Crippen MR) is 69.9 cm³/mol. The van der Waals surface area contributed by atoms with Gasteiger partial charge in [-0.15, -0.1) is 0 Å². The normalized spacial score (nSPS) is 9.61. The summed E-state index contributed by atoms with van der Waals surface area (Å²) in [6.07, 6.45) is 2.36. The van der Waals surface area contributed by atoms with Crippen molar-refractivity contribution in [2.45, 2.75) is 13.3 Å². The number of carbonyl (C=O) groups excluding carboxylic acids is 1. The van der Waals surface area contributed by atoms with E-state index in [9.17, 15) is 4.79 Å². The van der Waals surface area contributed by atoms with Crippen LogP contribution in [-0.2, 0) is 4.79 Å². The molecule has 3 N–H and O–H groups in total. The maximum Gasteiger partial charge on any atom is 0.239 e. The second kappa shape index (κ2) is 6.45. The first kappa shape index (κ1) is 13.8. The summed E-state index contributed by atoms with van der Waals surface area (Å²) in [5.74, 6) is 0.361. The monoisotopic (exact) mass is 247 g/mol. The first-order valence-electron chi connectivity index (χ1n) is 5.72. The summed E-state index contributed by atoms with van der Waals surface area (Å²) in [5, 5.41) is 11.8. The van der Waals surface area contributed by atoms with Gasteiger partial charge in [0.15, 0.2) is 0 Å². The lowest BCUT2D eigenvalue weighted by Crippen LogP contribution is -2.36. The van der Waals surface area contributed by atoms with Gasteiger partial charge < -0.3 is 16.0 Å². The summed E-state index contributed by atoms with van der Waals surface area (Å²) >= 11 is 0.